The third-order valence-electron chi connectivity index (χ3n) is 7.99. The van der Waals surface area contributed by atoms with Crippen LogP contribution in [0.15, 0.2) is 16.5 Å². The fraction of sp³-hybridized carbons (Fsp3) is 0.600. The van der Waals surface area contributed by atoms with Crippen LogP contribution in [0.3, 0.4) is 0 Å². The summed E-state index contributed by atoms with van der Waals surface area (Å²) in [5.74, 6) is 0.890. The maximum Gasteiger partial charge on any atom is 0.320 e. The Kier molecular flexibility index (Phi) is 5.60. The van der Waals surface area contributed by atoms with Gasteiger partial charge in [-0.15, -0.1) is 0 Å². The summed E-state index contributed by atoms with van der Waals surface area (Å²) in [7, 11) is 0. The lowest BCUT2D eigenvalue weighted by molar-refractivity contribution is 0.112. The van der Waals surface area contributed by atoms with Crippen molar-refractivity contribution in [1.82, 2.24) is 20.0 Å². The minimum Gasteiger partial charge on any atom is -0.459 e. The summed E-state index contributed by atoms with van der Waals surface area (Å²) >= 11 is 6.65. The molecule has 0 radical (unpaired) electrons. The number of piperazine rings is 1. The van der Waals surface area contributed by atoms with Crippen molar-refractivity contribution >= 4 is 40.3 Å². The van der Waals surface area contributed by atoms with Crippen molar-refractivity contribution in [3.63, 3.8) is 0 Å². The highest BCUT2D eigenvalue weighted by Gasteiger charge is 2.43. The number of carbonyl (C=O) groups is 2. The first-order valence-corrected chi connectivity index (χ1v) is 13.0. The van der Waals surface area contributed by atoms with Crippen molar-refractivity contribution in [2.24, 2.45) is 0 Å². The zero-order chi connectivity index (χ0) is 23.3. The van der Waals surface area contributed by atoms with E-state index in [0.717, 1.165) is 100 Å². The molecule has 4 heterocycles. The number of amides is 4. The van der Waals surface area contributed by atoms with Gasteiger partial charge in [0, 0.05) is 50.2 Å². The van der Waals surface area contributed by atoms with E-state index in [1.54, 1.807) is 0 Å². The van der Waals surface area contributed by atoms with Crippen molar-refractivity contribution in [3.05, 3.63) is 28.5 Å². The van der Waals surface area contributed by atoms with Gasteiger partial charge in [-0.05, 0) is 37.8 Å². The number of likely N-dealkylation sites (tertiary alicyclic amines) is 1. The minimum absolute atomic E-state index is 0.189. The van der Waals surface area contributed by atoms with Crippen LogP contribution < -0.4 is 10.6 Å². The first-order valence-electron chi connectivity index (χ1n) is 12.6. The van der Waals surface area contributed by atoms with Gasteiger partial charge in [-0.3, -0.25) is 4.90 Å². The van der Waals surface area contributed by atoms with Crippen LogP contribution in [0.25, 0.3) is 11.0 Å². The second kappa shape index (κ2) is 8.64. The molecule has 8 nitrogen and oxygen atoms in total. The van der Waals surface area contributed by atoms with Gasteiger partial charge in [-0.25, -0.2) is 9.59 Å². The summed E-state index contributed by atoms with van der Waals surface area (Å²) < 4.78 is 6.46. The van der Waals surface area contributed by atoms with Crippen molar-refractivity contribution < 1.29 is 14.0 Å². The van der Waals surface area contributed by atoms with Crippen LogP contribution in [0.5, 0.6) is 0 Å². The Morgan fingerprint density at radius 2 is 1.68 bits per heavy atom. The lowest BCUT2D eigenvalue weighted by Gasteiger charge is -2.42. The lowest BCUT2D eigenvalue weighted by Crippen LogP contribution is -2.52. The largest absolute Gasteiger partial charge is 0.459 e. The molecule has 4 aliphatic rings. The van der Waals surface area contributed by atoms with Crippen LogP contribution >= 0.6 is 11.6 Å². The summed E-state index contributed by atoms with van der Waals surface area (Å²) in [4.78, 5) is 31.5. The first kappa shape index (κ1) is 22.0. The average molecular weight is 486 g/mol. The van der Waals surface area contributed by atoms with Crippen molar-refractivity contribution in [2.45, 2.75) is 57.0 Å². The smallest absolute Gasteiger partial charge is 0.320 e. The van der Waals surface area contributed by atoms with Gasteiger partial charge in [0.25, 0.3) is 0 Å². The van der Waals surface area contributed by atoms with Gasteiger partial charge in [0.1, 0.15) is 11.3 Å². The van der Waals surface area contributed by atoms with E-state index in [2.05, 4.69) is 21.6 Å². The quantitative estimate of drug-likeness (QED) is 0.645. The van der Waals surface area contributed by atoms with Crippen LogP contribution in [0.4, 0.5) is 15.3 Å². The predicted octanol–water partition coefficient (Wildman–Crippen LogP) is 4.71. The molecule has 1 aromatic carbocycles. The highest BCUT2D eigenvalue weighted by Crippen LogP contribution is 2.49. The van der Waals surface area contributed by atoms with Crippen LogP contribution in [0.1, 0.15) is 56.3 Å². The molecule has 1 aliphatic carbocycles. The standard InChI is InChI=1S/C25H32ClN5O3/c26-19-15-17-14-18(16-29-10-12-31(13-11-29)24(33)30-8-4-5-9-30)34-22(17)20-21(19)27-23(32)28-25(20)6-2-1-3-7-25/h14-15H,1-13,16H2,(H2,27,28,32). The topological polar surface area (TPSA) is 81.1 Å². The molecule has 6 rings (SSSR count). The number of nitrogens with zero attached hydrogens (tertiary/aromatic N) is 3. The molecular formula is C25H32ClN5O3. The Bertz CT molecular complexity index is 1110. The zero-order valence-corrected chi connectivity index (χ0v) is 20.3. The molecule has 2 saturated heterocycles. The van der Waals surface area contributed by atoms with E-state index < -0.39 is 5.54 Å². The Labute approximate surface area is 204 Å². The molecule has 2 aromatic rings. The molecule has 1 aromatic heterocycles. The minimum atomic E-state index is -0.421. The van der Waals surface area contributed by atoms with Gasteiger partial charge in [0.05, 0.1) is 22.8 Å². The predicted molar refractivity (Wildman–Crippen MR) is 131 cm³/mol. The molecule has 4 amide bonds. The fourth-order valence-electron chi connectivity index (χ4n) is 6.24. The van der Waals surface area contributed by atoms with E-state index in [1.165, 1.54) is 6.42 Å². The number of anilines is 1. The van der Waals surface area contributed by atoms with E-state index >= 15 is 0 Å². The van der Waals surface area contributed by atoms with E-state index in [0.29, 0.717) is 17.3 Å². The number of urea groups is 2. The Hall–Kier alpha value is -2.45. The molecule has 34 heavy (non-hydrogen) atoms. The summed E-state index contributed by atoms with van der Waals surface area (Å²) in [6.45, 7) is 5.63. The molecule has 182 valence electrons. The second-order valence-electron chi connectivity index (χ2n) is 10.2. The Balaban J connectivity index is 1.23. The van der Waals surface area contributed by atoms with Crippen molar-refractivity contribution in [2.75, 3.05) is 44.6 Å². The number of benzene rings is 1. The fourth-order valence-corrected chi connectivity index (χ4v) is 6.50. The monoisotopic (exact) mass is 485 g/mol. The molecular weight excluding hydrogens is 454 g/mol. The highest BCUT2D eigenvalue weighted by molar-refractivity contribution is 6.35. The third kappa shape index (κ3) is 3.81. The molecule has 0 bridgehead atoms. The maximum absolute atomic E-state index is 12.7. The SMILES string of the molecule is O=C1Nc2c(Cl)cc3cc(CN4CCN(C(=O)N5CCCC5)CC4)oc3c2C2(CCCCC2)N1. The number of nitrogens with one attached hydrogen (secondary N) is 2. The van der Waals surface area contributed by atoms with Crippen LogP contribution in [0, 0.1) is 0 Å². The summed E-state index contributed by atoms with van der Waals surface area (Å²) in [5, 5.41) is 7.68. The van der Waals surface area contributed by atoms with Crippen LogP contribution in [0.2, 0.25) is 5.02 Å². The number of hydrogen-bond donors (Lipinski definition) is 2. The Morgan fingerprint density at radius 1 is 0.971 bits per heavy atom. The van der Waals surface area contributed by atoms with Gasteiger partial charge in [0.15, 0.2) is 0 Å². The number of fused-ring (bicyclic) bond motifs is 4. The molecule has 3 fully saturated rings. The Morgan fingerprint density at radius 3 is 2.41 bits per heavy atom. The molecule has 1 spiro atoms. The van der Waals surface area contributed by atoms with Gasteiger partial charge < -0.3 is 24.9 Å². The number of rotatable bonds is 2. The van der Waals surface area contributed by atoms with Crippen molar-refractivity contribution in [3.8, 4) is 0 Å². The van der Waals surface area contributed by atoms with E-state index in [4.69, 9.17) is 16.0 Å². The van der Waals surface area contributed by atoms with E-state index in [9.17, 15) is 9.59 Å². The maximum atomic E-state index is 12.7. The molecule has 2 N–H and O–H groups in total. The van der Waals surface area contributed by atoms with Crippen LogP contribution in [-0.4, -0.2) is 66.0 Å². The average Bonchev–Trinajstić information content (AvgIpc) is 3.50. The number of furan rings is 1. The van der Waals surface area contributed by atoms with E-state index in [-0.39, 0.29) is 12.1 Å². The summed E-state index contributed by atoms with van der Waals surface area (Å²) in [6.07, 6.45) is 7.35. The van der Waals surface area contributed by atoms with Gasteiger partial charge in [0.2, 0.25) is 0 Å². The zero-order valence-electron chi connectivity index (χ0n) is 19.5. The normalized spacial score (nSPS) is 22.7. The summed E-state index contributed by atoms with van der Waals surface area (Å²) in [5.41, 5.74) is 2.10. The summed E-state index contributed by atoms with van der Waals surface area (Å²) in [6, 6.07) is 3.98. The van der Waals surface area contributed by atoms with Gasteiger partial charge >= 0.3 is 12.1 Å². The molecule has 3 aliphatic heterocycles. The van der Waals surface area contributed by atoms with Crippen LogP contribution in [-0.2, 0) is 12.1 Å². The second-order valence-corrected chi connectivity index (χ2v) is 10.6. The molecule has 0 unspecified atom stereocenters. The third-order valence-corrected chi connectivity index (χ3v) is 8.28. The highest BCUT2D eigenvalue weighted by atomic mass is 35.5. The number of halogens is 1. The van der Waals surface area contributed by atoms with Crippen molar-refractivity contribution in [1.29, 1.82) is 0 Å². The number of carbonyl (C=O) groups excluding carboxylic acids is 2. The first-order chi connectivity index (χ1) is 16.5. The molecule has 9 heteroatoms. The lowest BCUT2D eigenvalue weighted by atomic mass is 9.74. The van der Waals surface area contributed by atoms with E-state index in [1.807, 2.05) is 15.9 Å². The van der Waals surface area contributed by atoms with Gasteiger partial charge in [-0.2, -0.15) is 0 Å². The van der Waals surface area contributed by atoms with Gasteiger partial charge in [-0.1, -0.05) is 30.9 Å². The molecule has 1 saturated carbocycles. The molecule has 0 atom stereocenters. The number of hydrogen-bond acceptors (Lipinski definition) is 4.